The van der Waals surface area contributed by atoms with Crippen LogP contribution in [0, 0.1) is 0 Å². The van der Waals surface area contributed by atoms with E-state index in [0.717, 1.165) is 16.7 Å². The fraction of sp³-hybridized carbons (Fsp3) is 0. The molecular formula is C48H33AlN6O12S3. The van der Waals surface area contributed by atoms with Crippen LogP contribution in [0.1, 0.15) is 33.4 Å². The Hall–Kier alpha value is -7.78. The van der Waals surface area contributed by atoms with Gasteiger partial charge in [0.15, 0.2) is 0 Å². The molecule has 0 fully saturated rings. The van der Waals surface area contributed by atoms with Crippen LogP contribution in [-0.2, 0) is 44.7 Å². The van der Waals surface area contributed by atoms with Crippen molar-refractivity contribution < 1.29 is 53.3 Å². The maximum absolute atomic E-state index is 12.0. The van der Waals surface area contributed by atoms with Gasteiger partial charge < -0.3 is 13.7 Å². The minimum Gasteiger partial charge on any atom is -0.744 e. The summed E-state index contributed by atoms with van der Waals surface area (Å²) < 4.78 is 97.9. The van der Waals surface area contributed by atoms with Crippen LogP contribution in [0.15, 0.2) is 194 Å². The molecule has 0 saturated carbocycles. The summed E-state index contributed by atoms with van der Waals surface area (Å²) in [5.74, 6) is -0.681. The van der Waals surface area contributed by atoms with E-state index in [1.165, 1.54) is 91.0 Å². The first kappa shape index (κ1) is 51.6. The summed E-state index contributed by atoms with van der Waals surface area (Å²) in [6.07, 6.45) is 9.50. The number of hydrogen-bond acceptors (Lipinski definition) is 18. The number of hydrogen-bond donors (Lipinski definition) is 3. The van der Waals surface area contributed by atoms with E-state index in [9.17, 15) is 53.3 Å². The van der Waals surface area contributed by atoms with Crippen molar-refractivity contribution >= 4 is 117 Å². The number of benzene rings is 6. The Kier molecular flexibility index (Phi) is 16.3. The van der Waals surface area contributed by atoms with Gasteiger partial charge in [0.25, 0.3) is 0 Å². The Bertz CT molecular complexity index is 3170. The minimum atomic E-state index is -4.48. The molecule has 9 rings (SSSR count). The number of fused-ring (bicyclic) bond motifs is 3. The predicted octanol–water partition coefficient (Wildman–Crippen LogP) is 5.63. The van der Waals surface area contributed by atoms with Crippen molar-refractivity contribution in [1.82, 2.24) is 0 Å². The molecule has 348 valence electrons. The van der Waals surface area contributed by atoms with E-state index in [-0.39, 0.29) is 66.5 Å². The molecule has 18 nitrogen and oxygen atoms in total. The molecule has 0 radical (unpaired) electrons. The van der Waals surface area contributed by atoms with E-state index in [2.05, 4.69) is 31.6 Å². The van der Waals surface area contributed by atoms with Gasteiger partial charge in [-0.3, -0.25) is 30.7 Å². The van der Waals surface area contributed by atoms with E-state index in [1.54, 1.807) is 36.4 Å². The molecule has 0 bridgehead atoms. The van der Waals surface area contributed by atoms with Gasteiger partial charge in [-0.25, -0.2) is 25.3 Å². The zero-order chi connectivity index (χ0) is 49.3. The van der Waals surface area contributed by atoms with Crippen molar-refractivity contribution in [3.63, 3.8) is 0 Å². The van der Waals surface area contributed by atoms with E-state index in [0.29, 0.717) is 33.8 Å². The monoisotopic (exact) mass is 1010 g/mol. The van der Waals surface area contributed by atoms with Crippen molar-refractivity contribution in [3.8, 4) is 0 Å². The topological polar surface area (TPSA) is 296 Å². The SMILES string of the molecule is O=C1C=Cc2ccccc2/C1=N\Nc1ccc(S(=O)(=O)[O-])cc1.O=C1C=Cc2ccccc2/C1=N\Nc1ccc(S(=O)(=O)[O-])cc1.O=C1C=Cc2ccccc2/C1=N\Nc1ccc(S(=O)(=O)[O-])cc1.[Al+3]. The van der Waals surface area contributed by atoms with Gasteiger partial charge in [-0.05, 0) is 108 Å². The second kappa shape index (κ2) is 22.1. The summed E-state index contributed by atoms with van der Waals surface area (Å²) in [6.45, 7) is 0. The van der Waals surface area contributed by atoms with Crippen molar-refractivity contribution in [1.29, 1.82) is 0 Å². The molecule has 3 aliphatic carbocycles. The number of allylic oxidation sites excluding steroid dienone is 3. The van der Waals surface area contributed by atoms with Crippen molar-refractivity contribution in [2.24, 2.45) is 15.3 Å². The third kappa shape index (κ3) is 13.0. The van der Waals surface area contributed by atoms with Crippen molar-refractivity contribution in [2.45, 2.75) is 14.7 Å². The van der Waals surface area contributed by atoms with Gasteiger partial charge in [-0.2, -0.15) is 15.3 Å². The Balaban J connectivity index is 0.000000171. The number of anilines is 3. The summed E-state index contributed by atoms with van der Waals surface area (Å²) in [5.41, 5.74) is 15.1. The average molecular weight is 1010 g/mol. The number of carbonyl (C=O) groups is 3. The van der Waals surface area contributed by atoms with Crippen molar-refractivity contribution in [3.05, 3.63) is 197 Å². The molecule has 0 saturated heterocycles. The van der Waals surface area contributed by atoms with Crippen LogP contribution in [0.2, 0.25) is 0 Å². The third-order valence-corrected chi connectivity index (χ3v) is 12.5. The molecule has 3 aliphatic rings. The Labute approximate surface area is 412 Å². The van der Waals surface area contributed by atoms with Crippen LogP contribution in [0.4, 0.5) is 17.1 Å². The summed E-state index contributed by atoms with van der Waals surface area (Å²) >= 11 is 0. The number of carbonyl (C=O) groups excluding carboxylic acids is 3. The fourth-order valence-electron chi connectivity index (χ4n) is 6.50. The normalized spacial score (nSPS) is 15.3. The minimum absolute atomic E-state index is 0. The van der Waals surface area contributed by atoms with E-state index in [1.807, 2.05) is 54.6 Å². The van der Waals surface area contributed by atoms with Crippen LogP contribution in [0.25, 0.3) is 18.2 Å². The molecule has 0 aromatic heterocycles. The number of ketones is 3. The number of nitrogens with zero attached hydrogens (tertiary/aromatic N) is 3. The zero-order valence-electron chi connectivity index (χ0n) is 35.9. The molecular weight excluding hydrogens is 976 g/mol. The molecule has 70 heavy (non-hydrogen) atoms. The summed E-state index contributed by atoms with van der Waals surface area (Å²) in [5, 5.41) is 12.3. The number of nitrogens with one attached hydrogen (secondary N) is 3. The van der Waals surface area contributed by atoms with Gasteiger partial charge in [0.05, 0.1) is 31.7 Å². The maximum atomic E-state index is 12.0. The van der Waals surface area contributed by atoms with Gasteiger partial charge in [0.1, 0.15) is 47.5 Å². The van der Waals surface area contributed by atoms with Crippen LogP contribution >= 0.6 is 0 Å². The van der Waals surface area contributed by atoms with Gasteiger partial charge >= 0.3 is 17.4 Å². The zero-order valence-corrected chi connectivity index (χ0v) is 39.5. The summed E-state index contributed by atoms with van der Waals surface area (Å²) in [4.78, 5) is 35.0. The van der Waals surface area contributed by atoms with E-state index in [4.69, 9.17) is 0 Å². The van der Waals surface area contributed by atoms with Gasteiger partial charge in [-0.1, -0.05) is 91.0 Å². The second-order valence-electron chi connectivity index (χ2n) is 14.5. The van der Waals surface area contributed by atoms with E-state index >= 15 is 0 Å². The fourth-order valence-corrected chi connectivity index (χ4v) is 7.91. The van der Waals surface area contributed by atoms with E-state index < -0.39 is 30.4 Å². The quantitative estimate of drug-likeness (QED) is 0.0899. The van der Waals surface area contributed by atoms with Crippen LogP contribution < -0.4 is 16.3 Å². The first-order valence-electron chi connectivity index (χ1n) is 20.0. The first-order chi connectivity index (χ1) is 32.8. The molecule has 3 N–H and O–H groups in total. The molecule has 0 aliphatic heterocycles. The second-order valence-corrected chi connectivity index (χ2v) is 18.6. The molecule has 6 aromatic carbocycles. The largest absolute Gasteiger partial charge is 3.00 e. The van der Waals surface area contributed by atoms with Gasteiger partial charge in [-0.15, -0.1) is 0 Å². The number of rotatable bonds is 9. The Morgan fingerprint density at radius 2 is 0.557 bits per heavy atom. The summed E-state index contributed by atoms with van der Waals surface area (Å²) in [7, 11) is -13.4. The van der Waals surface area contributed by atoms with Gasteiger partial charge in [0.2, 0.25) is 17.3 Å². The summed E-state index contributed by atoms with van der Waals surface area (Å²) in [6, 6.07) is 37.6. The molecule has 0 spiro atoms. The molecule has 0 unspecified atom stereocenters. The standard InChI is InChI=1S/3C16H12N2O4S.Al/c3*19-15-10-5-11-3-1-2-4-14(11)16(15)18-17-12-6-8-13(9-7-12)23(20,21)22;/h3*1-10,17H,(H,20,21,22);/q;;;+3/p-3/b3*18-16+;. The molecule has 6 aromatic rings. The Morgan fingerprint density at radius 3 is 0.786 bits per heavy atom. The Morgan fingerprint density at radius 1 is 0.329 bits per heavy atom. The number of hydrazone groups is 3. The van der Waals surface area contributed by atoms with Gasteiger partial charge in [0, 0.05) is 16.7 Å². The van der Waals surface area contributed by atoms with Crippen LogP contribution in [0.5, 0.6) is 0 Å². The molecule has 0 heterocycles. The van der Waals surface area contributed by atoms with Crippen LogP contribution in [0.3, 0.4) is 0 Å². The molecule has 22 heteroatoms. The third-order valence-electron chi connectivity index (χ3n) is 9.91. The molecule has 0 amide bonds. The predicted molar refractivity (Wildman–Crippen MR) is 261 cm³/mol. The maximum Gasteiger partial charge on any atom is 3.00 e. The van der Waals surface area contributed by atoms with Crippen LogP contribution in [-0.4, -0.2) is 90.8 Å². The smallest absolute Gasteiger partial charge is 0.744 e. The first-order valence-corrected chi connectivity index (χ1v) is 24.2. The average Bonchev–Trinajstić information content (AvgIpc) is 3.33. The molecule has 0 atom stereocenters. The van der Waals surface area contributed by atoms with Crippen molar-refractivity contribution in [2.75, 3.05) is 16.3 Å².